The van der Waals surface area contributed by atoms with Gasteiger partial charge in [0.1, 0.15) is 29.8 Å². The summed E-state index contributed by atoms with van der Waals surface area (Å²) < 4.78 is 12.8. The monoisotopic (exact) mass is 677 g/mol. The van der Waals surface area contributed by atoms with Gasteiger partial charge in [-0.1, -0.05) is 51.8 Å². The molecule has 6 atom stereocenters. The number of fused-ring (bicyclic) bond motifs is 2. The highest BCUT2D eigenvalue weighted by atomic mass is 79.9. The molecule has 12 heteroatoms. The number of allylic oxidation sites excluding steroid dienone is 1. The van der Waals surface area contributed by atoms with Crippen molar-refractivity contribution in [1.29, 1.82) is 0 Å². The second-order valence-corrected chi connectivity index (χ2v) is 12.9. The van der Waals surface area contributed by atoms with E-state index in [9.17, 15) is 24.3 Å². The number of aliphatic hydroxyl groups excluding tert-OH is 1. The number of ether oxygens (including phenoxy) is 2. The molecule has 0 radical (unpaired) electrons. The smallest absolute Gasteiger partial charge is 0.313 e. The van der Waals surface area contributed by atoms with Crippen molar-refractivity contribution in [2.75, 3.05) is 31.1 Å². The first kappa shape index (κ1) is 31.7. The molecular formula is C31H37BrClN3O7. The molecule has 1 spiro atoms. The summed E-state index contributed by atoms with van der Waals surface area (Å²) in [5.41, 5.74) is -0.112. The fraction of sp³-hybridized carbons (Fsp3) is 0.548. The van der Waals surface area contributed by atoms with Crippen molar-refractivity contribution in [2.45, 2.75) is 69.8 Å². The Balaban J connectivity index is 1.62. The summed E-state index contributed by atoms with van der Waals surface area (Å²) in [5, 5.41) is 12.5. The molecule has 4 aliphatic rings. The first-order chi connectivity index (χ1) is 20.6. The minimum absolute atomic E-state index is 0.0296. The van der Waals surface area contributed by atoms with Crippen molar-refractivity contribution < 1.29 is 33.8 Å². The zero-order valence-electron chi connectivity index (χ0n) is 24.3. The van der Waals surface area contributed by atoms with Gasteiger partial charge in [0.2, 0.25) is 11.8 Å². The van der Waals surface area contributed by atoms with E-state index in [1.807, 2.05) is 25.1 Å². The number of hydrogen-bond acceptors (Lipinski definition) is 7. The first-order valence-corrected chi connectivity index (χ1v) is 15.9. The van der Waals surface area contributed by atoms with E-state index in [0.717, 1.165) is 5.56 Å². The van der Waals surface area contributed by atoms with Crippen LogP contribution in [-0.2, 0) is 28.7 Å². The molecule has 0 unspecified atom stereocenters. The normalized spacial score (nSPS) is 32.0. The van der Waals surface area contributed by atoms with Gasteiger partial charge in [0.15, 0.2) is 0 Å². The number of aliphatic hydroxyl groups is 1. The molecule has 5 bridgehead atoms. The largest absolute Gasteiger partial charge is 0.460 e. The van der Waals surface area contributed by atoms with Crippen LogP contribution < -0.4 is 10.2 Å². The van der Waals surface area contributed by atoms with Crippen LogP contribution >= 0.6 is 27.5 Å². The Bertz CT molecular complexity index is 1330. The molecule has 232 valence electrons. The summed E-state index contributed by atoms with van der Waals surface area (Å²) in [5.74, 6) is -3.49. The molecule has 10 nitrogen and oxygen atoms in total. The van der Waals surface area contributed by atoms with Gasteiger partial charge in [-0.25, -0.2) is 0 Å². The van der Waals surface area contributed by atoms with Crippen LogP contribution in [0.1, 0.15) is 44.6 Å². The number of nitrogens with zero attached hydrogens (tertiary/aromatic N) is 2. The van der Waals surface area contributed by atoms with Gasteiger partial charge in [0.05, 0.1) is 23.2 Å². The van der Waals surface area contributed by atoms with Crippen LogP contribution in [0.3, 0.4) is 0 Å². The third-order valence-electron chi connectivity index (χ3n) is 8.61. The lowest BCUT2D eigenvalue weighted by Crippen LogP contribution is -2.56. The number of unbranched alkanes of at least 4 members (excludes halogenated alkanes) is 2. The van der Waals surface area contributed by atoms with E-state index < -0.39 is 41.7 Å². The third kappa shape index (κ3) is 5.89. The SMILES string of the molecule is Cc1cccc(Cl)c1N1C/C=C\CCC(=O)NC[C@H](C)OC(=O)[C@H]2[C@@H]3O[C@@]4(C=C3Br)[C@@H]2C(=O)N(CCCCCO)[C@@H]4C1=O. The summed E-state index contributed by atoms with van der Waals surface area (Å²) in [4.78, 5) is 58.3. The van der Waals surface area contributed by atoms with Crippen LogP contribution in [0.25, 0.3) is 0 Å². The first-order valence-electron chi connectivity index (χ1n) is 14.8. The maximum Gasteiger partial charge on any atom is 0.313 e. The number of esters is 1. The van der Waals surface area contributed by atoms with Gasteiger partial charge in [0.25, 0.3) is 5.91 Å². The van der Waals surface area contributed by atoms with Crippen LogP contribution in [0.4, 0.5) is 5.69 Å². The average molecular weight is 679 g/mol. The van der Waals surface area contributed by atoms with Crippen LogP contribution in [0.15, 0.2) is 40.9 Å². The Hall–Kier alpha value is -2.73. The molecular weight excluding hydrogens is 642 g/mol. The average Bonchev–Trinajstić information content (AvgIpc) is 3.55. The highest BCUT2D eigenvalue weighted by molar-refractivity contribution is 9.11. The van der Waals surface area contributed by atoms with Crippen molar-refractivity contribution in [3.8, 4) is 0 Å². The lowest BCUT2D eigenvalue weighted by atomic mass is 9.74. The number of amides is 3. The number of carbonyl (C=O) groups is 4. The number of carbonyl (C=O) groups excluding carboxylic acids is 4. The highest BCUT2D eigenvalue weighted by Crippen LogP contribution is 2.59. The number of cyclic esters (lactones) is 1. The van der Waals surface area contributed by atoms with E-state index in [2.05, 4.69) is 21.2 Å². The Labute approximate surface area is 264 Å². The predicted molar refractivity (Wildman–Crippen MR) is 164 cm³/mol. The molecule has 4 aliphatic heterocycles. The van der Waals surface area contributed by atoms with Gasteiger partial charge < -0.3 is 29.7 Å². The van der Waals surface area contributed by atoms with E-state index in [-0.39, 0.29) is 50.4 Å². The van der Waals surface area contributed by atoms with Gasteiger partial charge in [-0.3, -0.25) is 19.2 Å². The maximum atomic E-state index is 14.9. The van der Waals surface area contributed by atoms with Crippen LogP contribution in [0.5, 0.6) is 0 Å². The molecule has 4 heterocycles. The quantitative estimate of drug-likeness (QED) is 0.269. The molecule has 43 heavy (non-hydrogen) atoms. The van der Waals surface area contributed by atoms with Gasteiger partial charge in [-0.05, 0) is 57.2 Å². The Morgan fingerprint density at radius 1 is 1.14 bits per heavy atom. The van der Waals surface area contributed by atoms with Gasteiger partial charge in [0, 0.05) is 30.6 Å². The minimum atomic E-state index is -1.40. The lowest BCUT2D eigenvalue weighted by Gasteiger charge is -2.36. The van der Waals surface area contributed by atoms with Gasteiger partial charge in [-0.2, -0.15) is 0 Å². The number of nitrogens with one attached hydrogen (secondary N) is 1. The summed E-state index contributed by atoms with van der Waals surface area (Å²) in [7, 11) is 0. The predicted octanol–water partition coefficient (Wildman–Crippen LogP) is 3.42. The van der Waals surface area contributed by atoms with E-state index in [1.165, 1.54) is 0 Å². The number of anilines is 1. The molecule has 2 saturated heterocycles. The Morgan fingerprint density at radius 3 is 2.67 bits per heavy atom. The van der Waals surface area contributed by atoms with Crippen molar-refractivity contribution in [3.05, 3.63) is 51.5 Å². The molecule has 0 aromatic heterocycles. The minimum Gasteiger partial charge on any atom is -0.460 e. The lowest BCUT2D eigenvalue weighted by molar-refractivity contribution is -0.158. The molecule has 1 aromatic rings. The van der Waals surface area contributed by atoms with Crippen molar-refractivity contribution in [3.63, 3.8) is 0 Å². The summed E-state index contributed by atoms with van der Waals surface area (Å²) in [6, 6.07) is 4.30. The van der Waals surface area contributed by atoms with E-state index in [0.29, 0.717) is 40.9 Å². The van der Waals surface area contributed by atoms with Crippen LogP contribution in [0.2, 0.25) is 5.02 Å². The van der Waals surface area contributed by atoms with Crippen LogP contribution in [-0.4, -0.2) is 83.8 Å². The molecule has 0 aliphatic carbocycles. The molecule has 2 N–H and O–H groups in total. The zero-order chi connectivity index (χ0) is 30.9. The summed E-state index contributed by atoms with van der Waals surface area (Å²) in [6.45, 7) is 4.10. The number of para-hydroxylation sites is 1. The fourth-order valence-electron chi connectivity index (χ4n) is 6.66. The standard InChI is InChI=1S/C31H37BrClN3O7/c1-18-10-9-11-21(33)25(18)35-13-6-3-5-12-22(38)34-17-19(2)42-30(41)23-24-28(39)36(14-7-4-8-15-37)27(29(35)40)31(24)16-20(32)26(23)43-31/h3,6,9-11,16,19,23-24,26-27,37H,4-5,7-8,12-15,17H2,1-2H3,(H,34,38)/b6-3-/t19-,23+,24-,26+,27+,31-/m0/s1. The Morgan fingerprint density at radius 2 is 1.93 bits per heavy atom. The maximum absolute atomic E-state index is 14.9. The van der Waals surface area contributed by atoms with Crippen molar-refractivity contribution in [2.24, 2.45) is 11.8 Å². The van der Waals surface area contributed by atoms with Crippen molar-refractivity contribution in [1.82, 2.24) is 10.2 Å². The summed E-state index contributed by atoms with van der Waals surface area (Å²) in [6.07, 6.45) is 6.46. The number of rotatable bonds is 6. The number of likely N-dealkylation sites (tertiary alicyclic amines) is 1. The van der Waals surface area contributed by atoms with E-state index in [1.54, 1.807) is 34.9 Å². The zero-order valence-corrected chi connectivity index (χ0v) is 26.6. The van der Waals surface area contributed by atoms with Gasteiger partial charge >= 0.3 is 5.97 Å². The third-order valence-corrected chi connectivity index (χ3v) is 9.60. The molecule has 5 rings (SSSR count). The molecule has 0 saturated carbocycles. The number of hydrogen-bond donors (Lipinski definition) is 2. The van der Waals surface area contributed by atoms with Crippen LogP contribution in [0, 0.1) is 18.8 Å². The van der Waals surface area contributed by atoms with E-state index >= 15 is 0 Å². The second kappa shape index (κ2) is 13.1. The number of halogens is 2. The molecule has 3 amide bonds. The molecule has 1 aromatic carbocycles. The topological polar surface area (TPSA) is 125 Å². The highest BCUT2D eigenvalue weighted by Gasteiger charge is 2.75. The number of benzene rings is 1. The number of aryl methyl sites for hydroxylation is 1. The second-order valence-electron chi connectivity index (χ2n) is 11.6. The van der Waals surface area contributed by atoms with E-state index in [4.69, 9.17) is 21.1 Å². The summed E-state index contributed by atoms with van der Waals surface area (Å²) >= 11 is 10.2. The van der Waals surface area contributed by atoms with Gasteiger partial charge in [-0.15, -0.1) is 0 Å². The fourth-order valence-corrected chi connectivity index (χ4v) is 7.72. The molecule has 2 fully saturated rings. The van der Waals surface area contributed by atoms with Crippen molar-refractivity contribution >= 4 is 56.9 Å². The Kier molecular flexibility index (Phi) is 9.65.